The molecule has 2 bridgehead atoms. The fourth-order valence-electron chi connectivity index (χ4n) is 3.62. The Hall–Kier alpha value is -1.06. The molecule has 2 aliphatic carbocycles. The van der Waals surface area contributed by atoms with Crippen LogP contribution in [0.25, 0.3) is 0 Å². The number of ether oxygens (including phenoxy) is 2. The van der Waals surface area contributed by atoms with Gasteiger partial charge in [0.05, 0.1) is 26.1 Å². The predicted molar refractivity (Wildman–Crippen MR) is 56.4 cm³/mol. The molecule has 0 aromatic heterocycles. The molecule has 2 fully saturated rings. The third kappa shape index (κ3) is 1.51. The largest absolute Gasteiger partial charge is 0.469 e. The van der Waals surface area contributed by atoms with Gasteiger partial charge in [0.2, 0.25) is 0 Å². The lowest BCUT2D eigenvalue weighted by atomic mass is 9.74. The quantitative estimate of drug-likeness (QED) is 0.665. The van der Waals surface area contributed by atoms with E-state index in [1.165, 1.54) is 14.2 Å². The van der Waals surface area contributed by atoms with Gasteiger partial charge in [0.15, 0.2) is 0 Å². The molecule has 0 aromatic rings. The minimum absolute atomic E-state index is 0.255. The molecule has 5 unspecified atom stereocenters. The number of hydrogen-bond acceptors (Lipinski definition) is 4. The van der Waals surface area contributed by atoms with E-state index in [0.29, 0.717) is 17.8 Å². The Morgan fingerprint density at radius 2 is 1.56 bits per heavy atom. The van der Waals surface area contributed by atoms with Crippen LogP contribution in [0, 0.1) is 29.6 Å². The minimum Gasteiger partial charge on any atom is -0.469 e. The van der Waals surface area contributed by atoms with Crippen LogP contribution in [0.3, 0.4) is 0 Å². The van der Waals surface area contributed by atoms with Crippen molar-refractivity contribution in [3.8, 4) is 0 Å². The number of esters is 2. The second-order valence-electron chi connectivity index (χ2n) is 4.97. The summed E-state index contributed by atoms with van der Waals surface area (Å²) in [6.45, 7) is 2.15. The summed E-state index contributed by atoms with van der Waals surface area (Å²) >= 11 is 0. The van der Waals surface area contributed by atoms with Crippen LogP contribution in [0.2, 0.25) is 0 Å². The Bertz CT molecular complexity index is 312. The Balaban J connectivity index is 2.24. The molecule has 2 rings (SSSR count). The van der Waals surface area contributed by atoms with Gasteiger partial charge in [-0.2, -0.15) is 0 Å². The zero-order valence-electron chi connectivity index (χ0n) is 9.93. The third-order valence-electron chi connectivity index (χ3n) is 4.28. The molecule has 4 nitrogen and oxygen atoms in total. The van der Waals surface area contributed by atoms with E-state index in [4.69, 9.17) is 9.47 Å². The summed E-state index contributed by atoms with van der Waals surface area (Å²) in [7, 11) is 2.76. The minimum atomic E-state index is -0.286. The Labute approximate surface area is 95.3 Å². The van der Waals surface area contributed by atoms with Crippen molar-refractivity contribution in [3.63, 3.8) is 0 Å². The lowest BCUT2D eigenvalue weighted by Crippen LogP contribution is -2.38. The van der Waals surface area contributed by atoms with E-state index in [0.717, 1.165) is 12.8 Å². The molecule has 2 aliphatic rings. The fraction of sp³-hybridized carbons (Fsp3) is 0.833. The van der Waals surface area contributed by atoms with Crippen molar-refractivity contribution in [1.29, 1.82) is 0 Å². The highest BCUT2D eigenvalue weighted by atomic mass is 16.5. The van der Waals surface area contributed by atoms with Crippen molar-refractivity contribution in [2.75, 3.05) is 14.2 Å². The highest BCUT2D eigenvalue weighted by Crippen LogP contribution is 2.55. The van der Waals surface area contributed by atoms with E-state index in [1.807, 2.05) is 0 Å². The highest BCUT2D eigenvalue weighted by molar-refractivity contribution is 5.83. The van der Waals surface area contributed by atoms with Gasteiger partial charge in [0.25, 0.3) is 0 Å². The van der Waals surface area contributed by atoms with Gasteiger partial charge >= 0.3 is 11.9 Å². The van der Waals surface area contributed by atoms with Gasteiger partial charge < -0.3 is 9.47 Å². The molecule has 2 saturated carbocycles. The first-order valence-electron chi connectivity index (χ1n) is 5.75. The van der Waals surface area contributed by atoms with Crippen LogP contribution in [-0.2, 0) is 19.1 Å². The zero-order valence-corrected chi connectivity index (χ0v) is 9.93. The molecule has 4 heteroatoms. The van der Waals surface area contributed by atoms with Crippen LogP contribution in [0.5, 0.6) is 0 Å². The van der Waals surface area contributed by atoms with Crippen LogP contribution >= 0.6 is 0 Å². The second-order valence-corrected chi connectivity index (χ2v) is 4.97. The molecule has 5 atom stereocenters. The van der Waals surface area contributed by atoms with Crippen molar-refractivity contribution in [1.82, 2.24) is 0 Å². The number of carbonyl (C=O) groups is 2. The summed E-state index contributed by atoms with van der Waals surface area (Å²) in [5.41, 5.74) is 0. The van der Waals surface area contributed by atoms with Crippen LogP contribution < -0.4 is 0 Å². The van der Waals surface area contributed by atoms with Crippen LogP contribution in [0.15, 0.2) is 0 Å². The van der Waals surface area contributed by atoms with E-state index in [9.17, 15) is 9.59 Å². The fourth-order valence-corrected chi connectivity index (χ4v) is 3.62. The summed E-state index contributed by atoms with van der Waals surface area (Å²) in [6.07, 6.45) is 1.98. The monoisotopic (exact) mass is 226 g/mol. The van der Waals surface area contributed by atoms with E-state index in [1.54, 1.807) is 0 Å². The van der Waals surface area contributed by atoms with Gasteiger partial charge in [-0.25, -0.2) is 0 Å². The van der Waals surface area contributed by atoms with Gasteiger partial charge in [-0.05, 0) is 30.6 Å². The summed E-state index contributed by atoms with van der Waals surface area (Å²) in [5, 5.41) is 0. The summed E-state index contributed by atoms with van der Waals surface area (Å²) < 4.78 is 9.61. The standard InChI is InChI=1S/C12H18O4/c1-6-4-7-5-8(6)10(12(14)16-3)9(7)11(13)15-2/h6-10H,4-5H2,1-3H3. The first-order chi connectivity index (χ1) is 7.60. The normalized spacial score (nSPS) is 40.8. The third-order valence-corrected chi connectivity index (χ3v) is 4.28. The average Bonchev–Trinajstić information content (AvgIpc) is 2.82. The molecule has 0 aromatic carbocycles. The first kappa shape index (κ1) is 11.4. The van der Waals surface area contributed by atoms with Crippen molar-refractivity contribution < 1.29 is 19.1 Å². The number of rotatable bonds is 2. The van der Waals surface area contributed by atoms with Crippen molar-refractivity contribution in [2.45, 2.75) is 19.8 Å². The molecular weight excluding hydrogens is 208 g/mol. The van der Waals surface area contributed by atoms with Crippen LogP contribution in [0.4, 0.5) is 0 Å². The van der Waals surface area contributed by atoms with Gasteiger partial charge in [0, 0.05) is 0 Å². The zero-order chi connectivity index (χ0) is 11.9. The molecule has 16 heavy (non-hydrogen) atoms. The maximum absolute atomic E-state index is 11.8. The highest BCUT2D eigenvalue weighted by Gasteiger charge is 2.57. The summed E-state index contributed by atoms with van der Waals surface area (Å²) in [5.74, 6) is 0.0298. The first-order valence-corrected chi connectivity index (χ1v) is 5.75. The lowest BCUT2D eigenvalue weighted by Gasteiger charge is -2.30. The van der Waals surface area contributed by atoms with Crippen molar-refractivity contribution in [3.05, 3.63) is 0 Å². The van der Waals surface area contributed by atoms with Gasteiger partial charge in [-0.15, -0.1) is 0 Å². The number of methoxy groups -OCH3 is 2. The topological polar surface area (TPSA) is 52.6 Å². The molecule has 0 heterocycles. The smallest absolute Gasteiger partial charge is 0.309 e. The van der Waals surface area contributed by atoms with Crippen molar-refractivity contribution in [2.24, 2.45) is 29.6 Å². The number of fused-ring (bicyclic) bond motifs is 2. The molecule has 0 radical (unpaired) electrons. The predicted octanol–water partition coefficient (Wildman–Crippen LogP) is 1.24. The van der Waals surface area contributed by atoms with Crippen LogP contribution in [-0.4, -0.2) is 26.2 Å². The Kier molecular flexibility index (Phi) is 2.91. The second kappa shape index (κ2) is 4.07. The Morgan fingerprint density at radius 3 is 2.12 bits per heavy atom. The summed E-state index contributed by atoms with van der Waals surface area (Å²) in [6, 6.07) is 0. The molecule has 90 valence electrons. The van der Waals surface area contributed by atoms with Gasteiger partial charge in [-0.3, -0.25) is 9.59 Å². The molecule has 0 amide bonds. The number of hydrogen-bond donors (Lipinski definition) is 0. The maximum atomic E-state index is 11.8. The maximum Gasteiger partial charge on any atom is 0.309 e. The Morgan fingerprint density at radius 1 is 1.00 bits per heavy atom. The van der Waals surface area contributed by atoms with E-state index >= 15 is 0 Å². The van der Waals surface area contributed by atoms with Crippen molar-refractivity contribution >= 4 is 11.9 Å². The summed E-state index contributed by atoms with van der Waals surface area (Å²) in [4.78, 5) is 23.5. The molecule has 0 saturated heterocycles. The van der Waals surface area contributed by atoms with E-state index in [-0.39, 0.29) is 23.8 Å². The van der Waals surface area contributed by atoms with Gasteiger partial charge in [-0.1, -0.05) is 6.92 Å². The van der Waals surface area contributed by atoms with E-state index in [2.05, 4.69) is 6.92 Å². The molecule has 0 aliphatic heterocycles. The lowest BCUT2D eigenvalue weighted by molar-refractivity contribution is -0.161. The van der Waals surface area contributed by atoms with E-state index < -0.39 is 0 Å². The molecule has 0 spiro atoms. The number of carbonyl (C=O) groups excluding carboxylic acids is 2. The molecular formula is C12H18O4. The van der Waals surface area contributed by atoms with Crippen LogP contribution in [0.1, 0.15) is 19.8 Å². The average molecular weight is 226 g/mol. The SMILES string of the molecule is COC(=O)C1C2CC(C)C(C2)C1C(=O)OC. The molecule has 0 N–H and O–H groups in total. The van der Waals surface area contributed by atoms with Gasteiger partial charge in [0.1, 0.15) is 0 Å².